The molecule has 0 spiro atoms. The van der Waals surface area contributed by atoms with E-state index in [4.69, 9.17) is 19.7 Å². The van der Waals surface area contributed by atoms with Crippen molar-refractivity contribution in [2.24, 2.45) is 0 Å². The molecule has 1 amide bonds. The van der Waals surface area contributed by atoms with Gasteiger partial charge in [-0.3, -0.25) is 0 Å². The molecule has 0 aliphatic heterocycles. The Bertz CT molecular complexity index is 198. The van der Waals surface area contributed by atoms with Gasteiger partial charge in [-0.15, -0.1) is 0 Å². The maximum Gasteiger partial charge on any atom is 0.407 e. The van der Waals surface area contributed by atoms with Crippen molar-refractivity contribution in [3.63, 3.8) is 0 Å². The molecule has 0 bridgehead atoms. The van der Waals surface area contributed by atoms with Gasteiger partial charge in [0.05, 0.1) is 19.8 Å². The number of amides is 1. The Morgan fingerprint density at radius 3 is 2.25 bits per heavy atom. The van der Waals surface area contributed by atoms with Gasteiger partial charge in [-0.2, -0.15) is 0 Å². The van der Waals surface area contributed by atoms with Crippen LogP contribution >= 0.6 is 0 Å². The summed E-state index contributed by atoms with van der Waals surface area (Å²) >= 11 is 0. The van der Waals surface area contributed by atoms with Crippen molar-refractivity contribution in [2.75, 3.05) is 26.4 Å². The minimum atomic E-state index is -0.616. The zero-order valence-corrected chi connectivity index (χ0v) is 10.0. The maximum absolute atomic E-state index is 11.2. The number of carbonyl (C=O) groups is 1. The summed E-state index contributed by atoms with van der Waals surface area (Å²) in [6.45, 7) is 5.24. The fraction of sp³-hybridized carbons (Fsp3) is 0.900. The van der Waals surface area contributed by atoms with Crippen LogP contribution in [0.4, 0.5) is 4.79 Å². The molecule has 0 saturated heterocycles. The Morgan fingerprint density at radius 1 is 1.25 bits per heavy atom. The van der Waals surface area contributed by atoms with E-state index in [1.54, 1.807) is 0 Å². The van der Waals surface area contributed by atoms with Gasteiger partial charge in [0.25, 0.3) is 0 Å². The zero-order chi connectivity index (χ0) is 12.6. The number of ether oxygens (including phenoxy) is 2. The van der Waals surface area contributed by atoms with Gasteiger partial charge in [0, 0.05) is 5.54 Å². The first-order valence-electron chi connectivity index (χ1n) is 5.17. The lowest BCUT2D eigenvalue weighted by atomic mass is 10.1. The van der Waals surface area contributed by atoms with Crippen molar-refractivity contribution < 1.29 is 24.5 Å². The molecule has 0 aromatic carbocycles. The van der Waals surface area contributed by atoms with Gasteiger partial charge in [-0.25, -0.2) is 4.79 Å². The Balaban J connectivity index is 3.55. The summed E-state index contributed by atoms with van der Waals surface area (Å²) in [5, 5.41) is 20.0. The SMILES string of the molecule is CC(C)(C)NC(=O)OCCOC(CO)CO. The van der Waals surface area contributed by atoms with E-state index < -0.39 is 12.2 Å². The summed E-state index contributed by atoms with van der Waals surface area (Å²) in [6, 6.07) is 0. The van der Waals surface area contributed by atoms with Gasteiger partial charge in [0.15, 0.2) is 0 Å². The van der Waals surface area contributed by atoms with E-state index in [0.717, 1.165) is 0 Å². The molecule has 0 fully saturated rings. The Labute approximate surface area is 95.6 Å². The summed E-state index contributed by atoms with van der Waals surface area (Å²) in [6.07, 6.45) is -1.13. The van der Waals surface area contributed by atoms with Gasteiger partial charge >= 0.3 is 6.09 Å². The zero-order valence-electron chi connectivity index (χ0n) is 10.0. The second-order valence-corrected chi connectivity index (χ2v) is 4.37. The van der Waals surface area contributed by atoms with E-state index >= 15 is 0 Å². The van der Waals surface area contributed by atoms with Crippen LogP contribution in [0.25, 0.3) is 0 Å². The van der Waals surface area contributed by atoms with Crippen molar-refractivity contribution in [3.8, 4) is 0 Å². The largest absolute Gasteiger partial charge is 0.447 e. The molecule has 0 aromatic heterocycles. The van der Waals surface area contributed by atoms with Gasteiger partial charge < -0.3 is 25.0 Å². The van der Waals surface area contributed by atoms with Crippen LogP contribution in [-0.2, 0) is 9.47 Å². The fourth-order valence-electron chi connectivity index (χ4n) is 0.855. The number of hydrogen-bond donors (Lipinski definition) is 3. The number of aliphatic hydroxyl groups is 2. The first-order valence-corrected chi connectivity index (χ1v) is 5.17. The maximum atomic E-state index is 11.2. The summed E-state index contributed by atoms with van der Waals surface area (Å²) < 4.78 is 9.84. The third kappa shape index (κ3) is 8.46. The number of carbonyl (C=O) groups excluding carboxylic acids is 1. The normalized spacial score (nSPS) is 11.6. The average Bonchev–Trinajstić information content (AvgIpc) is 2.15. The molecule has 96 valence electrons. The molecule has 0 unspecified atom stereocenters. The molecule has 0 aromatic rings. The lowest BCUT2D eigenvalue weighted by Crippen LogP contribution is -2.41. The van der Waals surface area contributed by atoms with Crippen molar-refractivity contribution >= 4 is 6.09 Å². The van der Waals surface area contributed by atoms with Gasteiger partial charge in [-0.05, 0) is 20.8 Å². The van der Waals surface area contributed by atoms with Crippen molar-refractivity contribution in [3.05, 3.63) is 0 Å². The van der Waals surface area contributed by atoms with Crippen LogP contribution in [-0.4, -0.2) is 54.4 Å². The molecule has 0 heterocycles. The van der Waals surface area contributed by atoms with Crippen LogP contribution in [0.1, 0.15) is 20.8 Å². The highest BCUT2D eigenvalue weighted by molar-refractivity contribution is 5.67. The van der Waals surface area contributed by atoms with Crippen molar-refractivity contribution in [2.45, 2.75) is 32.4 Å². The molecule has 0 rings (SSSR count). The van der Waals surface area contributed by atoms with E-state index in [9.17, 15) is 4.79 Å². The topological polar surface area (TPSA) is 88.0 Å². The molecule has 0 atom stereocenters. The molecule has 6 nitrogen and oxygen atoms in total. The van der Waals surface area contributed by atoms with Crippen molar-refractivity contribution in [1.29, 1.82) is 0 Å². The fourth-order valence-corrected chi connectivity index (χ4v) is 0.855. The molecule has 0 aliphatic carbocycles. The first kappa shape index (κ1) is 15.2. The third-order valence-electron chi connectivity index (χ3n) is 1.55. The Morgan fingerprint density at radius 2 is 1.81 bits per heavy atom. The second kappa shape index (κ2) is 7.43. The molecule has 3 N–H and O–H groups in total. The summed E-state index contributed by atoms with van der Waals surface area (Å²) in [5.41, 5.74) is -0.337. The number of aliphatic hydroxyl groups excluding tert-OH is 2. The van der Waals surface area contributed by atoms with Gasteiger partial charge in [0.1, 0.15) is 12.7 Å². The van der Waals surface area contributed by atoms with E-state index in [1.165, 1.54) is 0 Å². The van der Waals surface area contributed by atoms with Crippen LogP contribution in [0.5, 0.6) is 0 Å². The molecule has 16 heavy (non-hydrogen) atoms. The van der Waals surface area contributed by atoms with Crippen LogP contribution < -0.4 is 5.32 Å². The first-order chi connectivity index (χ1) is 7.39. The molecular weight excluding hydrogens is 214 g/mol. The summed E-state index contributed by atoms with van der Waals surface area (Å²) in [4.78, 5) is 11.2. The summed E-state index contributed by atoms with van der Waals surface area (Å²) in [7, 11) is 0. The molecule has 6 heteroatoms. The number of nitrogens with one attached hydrogen (secondary N) is 1. The average molecular weight is 235 g/mol. The standard InChI is InChI=1S/C10H21NO5/c1-10(2,3)11-9(14)16-5-4-15-8(6-12)7-13/h8,12-13H,4-7H2,1-3H3,(H,11,14). The van der Waals surface area contributed by atoms with E-state index in [0.29, 0.717) is 0 Å². The Kier molecular flexibility index (Phi) is 7.03. The second-order valence-electron chi connectivity index (χ2n) is 4.37. The predicted molar refractivity (Wildman–Crippen MR) is 58.1 cm³/mol. The molecular formula is C10H21NO5. The van der Waals surface area contributed by atoms with Crippen LogP contribution in [0, 0.1) is 0 Å². The van der Waals surface area contributed by atoms with Gasteiger partial charge in [0.2, 0.25) is 0 Å². The highest BCUT2D eigenvalue weighted by Gasteiger charge is 2.14. The van der Waals surface area contributed by atoms with E-state index in [2.05, 4.69) is 5.32 Å². The highest BCUT2D eigenvalue weighted by Crippen LogP contribution is 1.99. The highest BCUT2D eigenvalue weighted by atomic mass is 16.6. The monoisotopic (exact) mass is 235 g/mol. The molecule has 0 aliphatic rings. The molecule has 0 saturated carbocycles. The summed E-state index contributed by atoms with van der Waals surface area (Å²) in [5.74, 6) is 0. The quantitative estimate of drug-likeness (QED) is 0.559. The smallest absolute Gasteiger partial charge is 0.407 e. The minimum Gasteiger partial charge on any atom is -0.447 e. The number of hydrogen-bond acceptors (Lipinski definition) is 5. The number of rotatable bonds is 6. The van der Waals surface area contributed by atoms with E-state index in [1.807, 2.05) is 20.8 Å². The lowest BCUT2D eigenvalue weighted by Gasteiger charge is -2.20. The van der Waals surface area contributed by atoms with Crippen LogP contribution in [0.15, 0.2) is 0 Å². The van der Waals surface area contributed by atoms with Crippen molar-refractivity contribution in [1.82, 2.24) is 5.32 Å². The van der Waals surface area contributed by atoms with Gasteiger partial charge in [-0.1, -0.05) is 0 Å². The lowest BCUT2D eigenvalue weighted by molar-refractivity contribution is -0.0335. The van der Waals surface area contributed by atoms with Crippen LogP contribution in [0.3, 0.4) is 0 Å². The number of alkyl carbamates (subject to hydrolysis) is 1. The minimum absolute atomic E-state index is 0.0818. The molecule has 0 radical (unpaired) electrons. The predicted octanol–water partition coefficient (Wildman–Crippen LogP) is -0.119. The van der Waals surface area contributed by atoms with E-state index in [-0.39, 0.29) is 32.0 Å². The van der Waals surface area contributed by atoms with Crippen LogP contribution in [0.2, 0.25) is 0 Å². The Hall–Kier alpha value is -0.850. The third-order valence-corrected chi connectivity index (χ3v) is 1.55.